The fourth-order valence-corrected chi connectivity index (χ4v) is 6.61. The maximum Gasteiger partial charge on any atom is 0.338 e. The van der Waals surface area contributed by atoms with Crippen LogP contribution in [0, 0.1) is 3.57 Å². The first kappa shape index (κ1) is 31.2. The van der Waals surface area contributed by atoms with Crippen LogP contribution in [0.15, 0.2) is 82.1 Å². The van der Waals surface area contributed by atoms with Gasteiger partial charge in [-0.15, -0.1) is 0 Å². The predicted molar refractivity (Wildman–Crippen MR) is 176 cm³/mol. The number of aromatic nitrogens is 1. The summed E-state index contributed by atoms with van der Waals surface area (Å²) < 4.78 is 24.6. The lowest BCUT2D eigenvalue weighted by Gasteiger charge is -2.26. The molecule has 5 rings (SSSR count). The summed E-state index contributed by atoms with van der Waals surface area (Å²) in [6.07, 6.45) is 1.74. The molecule has 0 aliphatic carbocycles. The Morgan fingerprint density at radius 1 is 1.05 bits per heavy atom. The summed E-state index contributed by atoms with van der Waals surface area (Å²) in [7, 11) is 1.58. The first-order chi connectivity index (χ1) is 21.2. The molecule has 0 amide bonds. The summed E-state index contributed by atoms with van der Waals surface area (Å²) in [6, 6.07) is 19.3. The molecule has 1 aromatic heterocycles. The van der Waals surface area contributed by atoms with E-state index in [-0.39, 0.29) is 17.7 Å². The van der Waals surface area contributed by atoms with Gasteiger partial charge in [0.05, 0.1) is 45.7 Å². The van der Waals surface area contributed by atoms with Crippen LogP contribution in [0.25, 0.3) is 11.8 Å². The molecule has 0 unspecified atom stereocenters. The second-order valence-corrected chi connectivity index (χ2v) is 11.7. The summed E-state index contributed by atoms with van der Waals surface area (Å²) in [5.74, 6) is 0.339. The Morgan fingerprint density at radius 2 is 1.77 bits per heavy atom. The van der Waals surface area contributed by atoms with Crippen LogP contribution in [0.5, 0.6) is 17.2 Å². The fraction of sp³-hybridized carbons (Fsp3) is 0.212. The first-order valence-electron chi connectivity index (χ1n) is 13.8. The van der Waals surface area contributed by atoms with E-state index < -0.39 is 18.0 Å². The molecule has 11 heteroatoms. The molecule has 3 aromatic carbocycles. The molecule has 0 saturated heterocycles. The number of hydrogen-bond donors (Lipinski definition) is 0. The highest BCUT2D eigenvalue weighted by Gasteiger charge is 2.35. The van der Waals surface area contributed by atoms with Gasteiger partial charge in [-0.3, -0.25) is 14.2 Å². The monoisotopic (exact) mass is 724 g/mol. The normalized spacial score (nSPS) is 14.5. The van der Waals surface area contributed by atoms with E-state index in [0.29, 0.717) is 53.6 Å². The van der Waals surface area contributed by atoms with Crippen molar-refractivity contribution < 1.29 is 28.5 Å². The van der Waals surface area contributed by atoms with Gasteiger partial charge in [-0.2, -0.15) is 0 Å². The van der Waals surface area contributed by atoms with E-state index >= 15 is 0 Å². The molecule has 0 spiro atoms. The van der Waals surface area contributed by atoms with E-state index in [2.05, 4.69) is 22.6 Å². The van der Waals surface area contributed by atoms with Gasteiger partial charge in [0.1, 0.15) is 5.75 Å². The average Bonchev–Trinajstić information content (AvgIpc) is 3.32. The third-order valence-electron chi connectivity index (χ3n) is 6.68. The molecular weight excluding hydrogens is 695 g/mol. The third kappa shape index (κ3) is 6.34. The van der Waals surface area contributed by atoms with Crippen LogP contribution >= 0.6 is 33.9 Å². The van der Waals surface area contributed by atoms with Crippen LogP contribution in [-0.2, 0) is 14.3 Å². The topological polar surface area (TPSA) is 105 Å². The minimum atomic E-state index is -0.806. The van der Waals surface area contributed by atoms with Gasteiger partial charge in [0.25, 0.3) is 5.56 Å². The number of ether oxygens (including phenoxy) is 4. The van der Waals surface area contributed by atoms with E-state index in [0.717, 1.165) is 5.56 Å². The van der Waals surface area contributed by atoms with Gasteiger partial charge in [-0.1, -0.05) is 53.8 Å². The van der Waals surface area contributed by atoms with E-state index in [1.54, 1.807) is 48.9 Å². The zero-order chi connectivity index (χ0) is 31.4. The molecular formula is C33H29IN2O7S. The number of benzene rings is 3. The second kappa shape index (κ2) is 13.6. The minimum absolute atomic E-state index is 0.161. The molecule has 0 saturated carbocycles. The Balaban J connectivity index is 1.77. The van der Waals surface area contributed by atoms with Crippen molar-refractivity contribution in [3.8, 4) is 17.2 Å². The van der Waals surface area contributed by atoms with Crippen LogP contribution in [0.3, 0.4) is 0 Å². The Morgan fingerprint density at radius 3 is 2.41 bits per heavy atom. The van der Waals surface area contributed by atoms with Crippen molar-refractivity contribution in [2.45, 2.75) is 26.8 Å². The van der Waals surface area contributed by atoms with Crippen molar-refractivity contribution >= 4 is 57.6 Å². The van der Waals surface area contributed by atoms with Crippen LogP contribution in [0.1, 0.15) is 43.5 Å². The number of methoxy groups -OCH3 is 1. The van der Waals surface area contributed by atoms with Gasteiger partial charge in [0.2, 0.25) is 0 Å². The third-order valence-corrected chi connectivity index (χ3v) is 8.46. The lowest BCUT2D eigenvalue weighted by atomic mass is 9.93. The molecule has 9 nitrogen and oxygen atoms in total. The van der Waals surface area contributed by atoms with Crippen molar-refractivity contribution in [2.75, 3.05) is 20.3 Å². The number of esters is 2. The highest BCUT2D eigenvalue weighted by Crippen LogP contribution is 2.36. The number of carbonyl (C=O) groups is 2. The molecule has 0 N–H and O–H groups in total. The molecule has 226 valence electrons. The SMILES string of the molecule is CCOC(=O)C1=C(c2ccccc2)N=c2s/c(=C\c3cc(I)c(OC(C)=O)c(OCC)c3)c(=O)n2[C@H]1c1ccc(OC)cc1. The van der Waals surface area contributed by atoms with Crippen LogP contribution < -0.4 is 29.1 Å². The second-order valence-electron chi connectivity index (χ2n) is 9.56. The van der Waals surface area contributed by atoms with E-state index in [4.69, 9.17) is 23.9 Å². The highest BCUT2D eigenvalue weighted by atomic mass is 127. The van der Waals surface area contributed by atoms with Crippen LogP contribution in [0.4, 0.5) is 0 Å². The van der Waals surface area contributed by atoms with Crippen molar-refractivity contribution in [2.24, 2.45) is 4.99 Å². The van der Waals surface area contributed by atoms with Gasteiger partial charge in [-0.25, -0.2) is 9.79 Å². The maximum absolute atomic E-state index is 14.2. The van der Waals surface area contributed by atoms with E-state index in [1.165, 1.54) is 18.3 Å². The quantitative estimate of drug-likeness (QED) is 0.138. The number of fused-ring (bicyclic) bond motifs is 1. The van der Waals surface area contributed by atoms with Crippen LogP contribution in [-0.4, -0.2) is 36.8 Å². The summed E-state index contributed by atoms with van der Waals surface area (Å²) >= 11 is 3.29. The number of thiazole rings is 1. The van der Waals surface area contributed by atoms with E-state index in [9.17, 15) is 14.4 Å². The summed E-state index contributed by atoms with van der Waals surface area (Å²) in [4.78, 5) is 44.8. The molecule has 2 heterocycles. The summed E-state index contributed by atoms with van der Waals surface area (Å²) in [5, 5.41) is 0. The number of hydrogen-bond acceptors (Lipinski definition) is 9. The molecule has 0 bridgehead atoms. The zero-order valence-electron chi connectivity index (χ0n) is 24.5. The molecule has 4 aromatic rings. The largest absolute Gasteiger partial charge is 0.497 e. The van der Waals surface area contributed by atoms with Gasteiger partial charge < -0.3 is 18.9 Å². The molecule has 44 heavy (non-hydrogen) atoms. The Hall–Kier alpha value is -4.23. The summed E-state index contributed by atoms with van der Waals surface area (Å²) in [6.45, 7) is 5.42. The highest BCUT2D eigenvalue weighted by molar-refractivity contribution is 14.1. The van der Waals surface area contributed by atoms with E-state index in [1.807, 2.05) is 49.4 Å². The molecule has 1 aliphatic heterocycles. The van der Waals surface area contributed by atoms with Crippen molar-refractivity contribution in [1.82, 2.24) is 4.57 Å². The lowest BCUT2D eigenvalue weighted by molar-refractivity contribution is -0.139. The number of carbonyl (C=O) groups excluding carboxylic acids is 2. The molecule has 0 fully saturated rings. The number of halogens is 1. The predicted octanol–water partition coefficient (Wildman–Crippen LogP) is 4.87. The van der Waals surface area contributed by atoms with Crippen molar-refractivity contribution in [1.29, 1.82) is 0 Å². The minimum Gasteiger partial charge on any atom is -0.497 e. The Labute approximate surface area is 271 Å². The molecule has 1 atom stereocenters. The van der Waals surface area contributed by atoms with Crippen molar-refractivity contribution in [3.63, 3.8) is 0 Å². The Kier molecular flexibility index (Phi) is 9.64. The molecule has 0 radical (unpaired) electrons. The Bertz CT molecular complexity index is 1930. The fourth-order valence-electron chi connectivity index (χ4n) is 4.87. The van der Waals surface area contributed by atoms with Crippen molar-refractivity contribution in [3.05, 3.63) is 112 Å². The number of rotatable bonds is 9. The molecule has 1 aliphatic rings. The van der Waals surface area contributed by atoms with Gasteiger partial charge in [0.15, 0.2) is 16.3 Å². The average molecular weight is 725 g/mol. The smallest absolute Gasteiger partial charge is 0.338 e. The number of nitrogens with zero attached hydrogens (tertiary/aromatic N) is 2. The summed E-state index contributed by atoms with van der Waals surface area (Å²) in [5.41, 5.74) is 2.48. The first-order valence-corrected chi connectivity index (χ1v) is 15.7. The standard InChI is InChI=1S/C33H29IN2O7S/c1-5-41-25-17-20(16-24(34)30(25)43-19(3)37)18-26-31(38)36-29(22-12-14-23(40-4)15-13-22)27(32(39)42-6-2)28(35-33(36)44-26)21-10-8-7-9-11-21/h7-18,29H,5-6H2,1-4H3/b26-18-/t29-/m0/s1. The maximum atomic E-state index is 14.2. The van der Waals surface area contributed by atoms with Gasteiger partial charge in [0, 0.05) is 12.5 Å². The van der Waals surface area contributed by atoms with Crippen LogP contribution in [0.2, 0.25) is 0 Å². The lowest BCUT2D eigenvalue weighted by Crippen LogP contribution is -2.40. The zero-order valence-corrected chi connectivity index (χ0v) is 27.4. The van der Waals surface area contributed by atoms with Gasteiger partial charge in [-0.05, 0) is 77.9 Å². The van der Waals surface area contributed by atoms with Gasteiger partial charge >= 0.3 is 11.9 Å².